The van der Waals surface area contributed by atoms with Gasteiger partial charge in [-0.1, -0.05) is 29.5 Å². The number of nitrogens with zero attached hydrogens (tertiary/aromatic N) is 4. The third-order valence-corrected chi connectivity index (χ3v) is 4.15. The van der Waals surface area contributed by atoms with Gasteiger partial charge < -0.3 is 9.64 Å². The van der Waals surface area contributed by atoms with E-state index in [0.717, 1.165) is 11.3 Å². The molecule has 0 aliphatic heterocycles. The summed E-state index contributed by atoms with van der Waals surface area (Å²) in [5.41, 5.74) is 1.29. The van der Waals surface area contributed by atoms with E-state index < -0.39 is 0 Å². The Morgan fingerprint density at radius 2 is 2.00 bits per heavy atom. The Hall–Kier alpha value is -3.22. The Labute approximate surface area is 150 Å². The number of benzene rings is 2. The summed E-state index contributed by atoms with van der Waals surface area (Å²) in [6, 6.07) is 14.6. The van der Waals surface area contributed by atoms with Crippen molar-refractivity contribution in [3.8, 4) is 5.75 Å². The number of hydrogen-bond acceptors (Lipinski definition) is 5. The van der Waals surface area contributed by atoms with Crippen LogP contribution in [0.1, 0.15) is 12.0 Å². The van der Waals surface area contributed by atoms with Crippen LogP contribution in [-0.4, -0.2) is 40.0 Å². The summed E-state index contributed by atoms with van der Waals surface area (Å²) in [5, 5.41) is 8.44. The van der Waals surface area contributed by atoms with E-state index in [1.54, 1.807) is 43.3 Å². The zero-order valence-corrected chi connectivity index (χ0v) is 14.8. The van der Waals surface area contributed by atoms with Crippen LogP contribution in [0.5, 0.6) is 5.75 Å². The summed E-state index contributed by atoms with van der Waals surface area (Å²) < 4.78 is 6.43. The molecule has 0 unspecified atom stereocenters. The number of rotatable bonds is 6. The molecule has 0 saturated heterocycles. The fourth-order valence-electron chi connectivity index (χ4n) is 2.70. The highest BCUT2D eigenvalue weighted by molar-refractivity contribution is 5.77. The predicted octanol–water partition coefficient (Wildman–Crippen LogP) is 1.85. The quantitative estimate of drug-likeness (QED) is 0.677. The zero-order valence-electron chi connectivity index (χ0n) is 14.8. The normalized spacial score (nSPS) is 10.7. The molecule has 3 rings (SSSR count). The SMILES string of the molecule is COc1cccc(CN(C)C(=O)CCn2nnc3ccccc3c2=O)c1. The lowest BCUT2D eigenvalue weighted by atomic mass is 10.2. The Morgan fingerprint density at radius 3 is 2.81 bits per heavy atom. The van der Waals surface area contributed by atoms with Crippen molar-refractivity contribution >= 4 is 16.8 Å². The van der Waals surface area contributed by atoms with E-state index in [-0.39, 0.29) is 24.4 Å². The van der Waals surface area contributed by atoms with Crippen LogP contribution < -0.4 is 10.3 Å². The number of fused-ring (bicyclic) bond motifs is 1. The summed E-state index contributed by atoms with van der Waals surface area (Å²) >= 11 is 0. The highest BCUT2D eigenvalue weighted by atomic mass is 16.5. The molecule has 1 amide bonds. The van der Waals surface area contributed by atoms with Gasteiger partial charge in [-0.15, -0.1) is 5.10 Å². The first kappa shape index (κ1) is 17.6. The number of hydrogen-bond donors (Lipinski definition) is 0. The molecule has 0 radical (unpaired) electrons. The van der Waals surface area contributed by atoms with Gasteiger partial charge in [0.15, 0.2) is 0 Å². The van der Waals surface area contributed by atoms with E-state index in [0.29, 0.717) is 17.4 Å². The van der Waals surface area contributed by atoms with Crippen molar-refractivity contribution in [2.75, 3.05) is 14.2 Å². The van der Waals surface area contributed by atoms with Gasteiger partial charge in [0.2, 0.25) is 5.91 Å². The van der Waals surface area contributed by atoms with Gasteiger partial charge in [0.05, 0.1) is 19.0 Å². The fourth-order valence-corrected chi connectivity index (χ4v) is 2.70. The third-order valence-electron chi connectivity index (χ3n) is 4.15. The summed E-state index contributed by atoms with van der Waals surface area (Å²) in [5.74, 6) is 0.677. The van der Waals surface area contributed by atoms with Crippen LogP contribution in [0.4, 0.5) is 0 Å². The molecule has 0 bridgehead atoms. The molecule has 134 valence electrons. The number of aryl methyl sites for hydroxylation is 1. The van der Waals surface area contributed by atoms with Crippen molar-refractivity contribution < 1.29 is 9.53 Å². The summed E-state index contributed by atoms with van der Waals surface area (Å²) in [4.78, 5) is 26.4. The van der Waals surface area contributed by atoms with Crippen LogP contribution in [0.3, 0.4) is 0 Å². The van der Waals surface area contributed by atoms with E-state index in [2.05, 4.69) is 10.3 Å². The van der Waals surface area contributed by atoms with Crippen LogP contribution in [0.25, 0.3) is 10.9 Å². The van der Waals surface area contributed by atoms with Gasteiger partial charge in [0.25, 0.3) is 5.56 Å². The molecule has 26 heavy (non-hydrogen) atoms. The summed E-state index contributed by atoms with van der Waals surface area (Å²) in [6.45, 7) is 0.659. The molecular weight excluding hydrogens is 332 g/mol. The maximum atomic E-state index is 12.4. The monoisotopic (exact) mass is 352 g/mol. The first-order chi connectivity index (χ1) is 12.6. The molecule has 0 N–H and O–H groups in total. The Bertz CT molecular complexity index is 984. The van der Waals surface area contributed by atoms with Crippen molar-refractivity contribution in [1.82, 2.24) is 19.9 Å². The Morgan fingerprint density at radius 1 is 1.19 bits per heavy atom. The van der Waals surface area contributed by atoms with Gasteiger partial charge >= 0.3 is 0 Å². The van der Waals surface area contributed by atoms with Gasteiger partial charge in [0.1, 0.15) is 11.3 Å². The number of aromatic nitrogens is 3. The number of amides is 1. The van der Waals surface area contributed by atoms with Crippen molar-refractivity contribution in [2.45, 2.75) is 19.5 Å². The molecule has 7 heteroatoms. The molecule has 1 heterocycles. The van der Waals surface area contributed by atoms with Crippen LogP contribution in [-0.2, 0) is 17.9 Å². The third kappa shape index (κ3) is 3.88. The minimum Gasteiger partial charge on any atom is -0.497 e. The van der Waals surface area contributed by atoms with Crippen LogP contribution in [0, 0.1) is 0 Å². The van der Waals surface area contributed by atoms with Crippen LogP contribution >= 0.6 is 0 Å². The second-order valence-corrected chi connectivity index (χ2v) is 5.99. The van der Waals surface area contributed by atoms with E-state index >= 15 is 0 Å². The maximum Gasteiger partial charge on any atom is 0.277 e. The molecule has 0 atom stereocenters. The van der Waals surface area contributed by atoms with Gasteiger partial charge in [-0.2, -0.15) is 0 Å². The first-order valence-corrected chi connectivity index (χ1v) is 8.28. The number of carbonyl (C=O) groups excluding carboxylic acids is 1. The van der Waals surface area contributed by atoms with E-state index in [4.69, 9.17) is 4.74 Å². The highest BCUT2D eigenvalue weighted by Gasteiger charge is 2.12. The van der Waals surface area contributed by atoms with E-state index in [1.807, 2.05) is 24.3 Å². The minimum absolute atomic E-state index is 0.0744. The van der Waals surface area contributed by atoms with Gasteiger partial charge in [-0.3, -0.25) is 9.59 Å². The molecule has 0 saturated carbocycles. The lowest BCUT2D eigenvalue weighted by Crippen LogP contribution is -2.30. The largest absolute Gasteiger partial charge is 0.497 e. The summed E-state index contributed by atoms with van der Waals surface area (Å²) in [7, 11) is 3.34. The number of ether oxygens (including phenoxy) is 1. The number of methoxy groups -OCH3 is 1. The van der Waals surface area contributed by atoms with E-state index in [1.165, 1.54) is 4.68 Å². The minimum atomic E-state index is -0.237. The molecular formula is C19H20N4O3. The average Bonchev–Trinajstić information content (AvgIpc) is 2.67. The van der Waals surface area contributed by atoms with Crippen molar-refractivity contribution in [3.63, 3.8) is 0 Å². The first-order valence-electron chi connectivity index (χ1n) is 8.28. The predicted molar refractivity (Wildman–Crippen MR) is 97.9 cm³/mol. The highest BCUT2D eigenvalue weighted by Crippen LogP contribution is 2.14. The van der Waals surface area contributed by atoms with Crippen LogP contribution in [0.15, 0.2) is 53.3 Å². The van der Waals surface area contributed by atoms with Crippen molar-refractivity contribution in [3.05, 3.63) is 64.4 Å². The van der Waals surface area contributed by atoms with Crippen molar-refractivity contribution in [2.24, 2.45) is 0 Å². The molecule has 1 aromatic heterocycles. The molecule has 0 fully saturated rings. The van der Waals surface area contributed by atoms with Crippen LogP contribution in [0.2, 0.25) is 0 Å². The zero-order chi connectivity index (χ0) is 18.5. The molecule has 0 spiro atoms. The lowest BCUT2D eigenvalue weighted by Gasteiger charge is -2.17. The smallest absolute Gasteiger partial charge is 0.277 e. The molecule has 2 aromatic carbocycles. The van der Waals surface area contributed by atoms with Crippen molar-refractivity contribution in [1.29, 1.82) is 0 Å². The van der Waals surface area contributed by atoms with Gasteiger partial charge in [0, 0.05) is 20.0 Å². The molecule has 3 aromatic rings. The Kier molecular flexibility index (Phi) is 5.26. The molecule has 0 aliphatic carbocycles. The molecule has 7 nitrogen and oxygen atoms in total. The second-order valence-electron chi connectivity index (χ2n) is 5.99. The maximum absolute atomic E-state index is 12.4. The lowest BCUT2D eigenvalue weighted by molar-refractivity contribution is -0.130. The topological polar surface area (TPSA) is 77.3 Å². The fraction of sp³-hybridized carbons (Fsp3) is 0.263. The number of carbonyl (C=O) groups is 1. The molecule has 0 aliphatic rings. The standard InChI is InChI=1S/C19H20N4O3/c1-22(13-14-6-5-7-15(12-14)26-2)18(24)10-11-23-19(25)16-8-3-4-9-17(16)20-21-23/h3-9,12H,10-11,13H2,1-2H3. The second kappa shape index (κ2) is 7.77. The average molecular weight is 352 g/mol. The van der Waals surface area contributed by atoms with Gasteiger partial charge in [-0.05, 0) is 29.8 Å². The van der Waals surface area contributed by atoms with Gasteiger partial charge in [-0.25, -0.2) is 4.68 Å². The summed E-state index contributed by atoms with van der Waals surface area (Å²) in [6.07, 6.45) is 0.174. The van der Waals surface area contributed by atoms with E-state index in [9.17, 15) is 9.59 Å². The Balaban J connectivity index is 1.64.